The number of rotatable bonds is 8. The van der Waals surface area contributed by atoms with E-state index in [0.29, 0.717) is 11.8 Å². The van der Waals surface area contributed by atoms with Crippen molar-refractivity contribution in [2.75, 3.05) is 9.80 Å². The van der Waals surface area contributed by atoms with Crippen LogP contribution in [0.1, 0.15) is 109 Å². The van der Waals surface area contributed by atoms with E-state index in [-0.39, 0.29) is 0 Å². The maximum absolute atomic E-state index is 2.60. The molecule has 10 aromatic rings. The van der Waals surface area contributed by atoms with Gasteiger partial charge in [0.2, 0.25) is 0 Å². The minimum absolute atomic E-state index is 0.615. The van der Waals surface area contributed by atoms with Gasteiger partial charge in [0.15, 0.2) is 0 Å². The Morgan fingerprint density at radius 3 is 1.04 bits per heavy atom. The Morgan fingerprint density at radius 2 is 0.634 bits per heavy atom. The maximum atomic E-state index is 2.60. The molecular weight excluding hydrogens is 857 g/mol. The summed E-state index contributed by atoms with van der Waals surface area (Å²) >= 11 is 0. The van der Waals surface area contributed by atoms with Gasteiger partial charge in [0, 0.05) is 33.5 Å². The van der Waals surface area contributed by atoms with E-state index in [2.05, 4.69) is 228 Å². The van der Waals surface area contributed by atoms with E-state index in [4.69, 9.17) is 0 Å². The van der Waals surface area contributed by atoms with E-state index in [9.17, 15) is 0 Å². The number of benzene rings is 10. The SMILES string of the molecule is c1ccc(N(c2ccc(C3CCCCC3)cc2)c2cc3c(c4ccccc24)-c2c(cc(N(c4ccccc4)c4ccc(C5CCCCC5)cc4)c4ccccc24)C32c3ccccc3-c3ccccc32)cc1. The van der Waals surface area contributed by atoms with Crippen LogP contribution in [-0.4, -0.2) is 0 Å². The summed E-state index contributed by atoms with van der Waals surface area (Å²) in [5, 5.41) is 5.03. The van der Waals surface area contributed by atoms with Crippen LogP contribution >= 0.6 is 0 Å². The van der Waals surface area contributed by atoms with Gasteiger partial charge in [-0.2, -0.15) is 0 Å². The number of nitrogens with zero attached hydrogens (tertiary/aromatic N) is 2. The van der Waals surface area contributed by atoms with Crippen molar-refractivity contribution in [1.29, 1.82) is 0 Å². The van der Waals surface area contributed by atoms with Crippen LogP contribution < -0.4 is 9.80 Å². The van der Waals surface area contributed by atoms with Crippen LogP contribution in [0.3, 0.4) is 0 Å². The molecule has 0 unspecified atom stereocenters. The van der Waals surface area contributed by atoms with Gasteiger partial charge in [-0.05, 0) is 165 Å². The largest absolute Gasteiger partial charge is 0.310 e. The summed E-state index contributed by atoms with van der Waals surface area (Å²) in [6, 6.07) is 83.7. The average Bonchev–Trinajstić information content (AvgIpc) is 3.93. The fourth-order valence-electron chi connectivity index (χ4n) is 13.8. The molecule has 4 aliphatic rings. The summed E-state index contributed by atoms with van der Waals surface area (Å²) in [7, 11) is 0. The van der Waals surface area contributed by atoms with Gasteiger partial charge in [-0.1, -0.05) is 196 Å². The predicted molar refractivity (Wildman–Crippen MR) is 299 cm³/mol. The van der Waals surface area contributed by atoms with E-state index in [0.717, 1.165) is 11.4 Å². The summed E-state index contributed by atoms with van der Waals surface area (Å²) in [6.45, 7) is 0. The van der Waals surface area contributed by atoms with Crippen LogP contribution in [0.25, 0.3) is 43.8 Å². The molecule has 2 heteroatoms. The Hall–Kier alpha value is -7.68. The summed E-state index contributed by atoms with van der Waals surface area (Å²) in [5.74, 6) is 1.28. The van der Waals surface area contributed by atoms with Crippen molar-refractivity contribution in [1.82, 2.24) is 0 Å². The van der Waals surface area contributed by atoms with Crippen molar-refractivity contribution < 1.29 is 0 Å². The highest BCUT2D eigenvalue weighted by Crippen LogP contribution is 2.67. The highest BCUT2D eigenvalue weighted by atomic mass is 15.2. The molecular formula is C69H58N2. The lowest BCUT2D eigenvalue weighted by molar-refractivity contribution is 0.443. The number of hydrogen-bond donors (Lipinski definition) is 0. The molecule has 10 aromatic carbocycles. The smallest absolute Gasteiger partial charge is 0.0727 e. The van der Waals surface area contributed by atoms with Crippen LogP contribution in [0.15, 0.2) is 218 Å². The van der Waals surface area contributed by atoms with Crippen LogP contribution in [0.5, 0.6) is 0 Å². The fourth-order valence-corrected chi connectivity index (χ4v) is 13.8. The van der Waals surface area contributed by atoms with Crippen molar-refractivity contribution in [2.24, 2.45) is 0 Å². The molecule has 2 saturated carbocycles. The summed E-state index contributed by atoms with van der Waals surface area (Å²) < 4.78 is 0. The molecule has 4 aliphatic carbocycles. The van der Waals surface area contributed by atoms with Gasteiger partial charge < -0.3 is 9.80 Å². The molecule has 344 valence electrons. The predicted octanol–water partition coefficient (Wildman–Crippen LogP) is 19.4. The molecule has 0 aliphatic heterocycles. The Labute approximate surface area is 418 Å². The molecule has 0 atom stereocenters. The third-order valence-corrected chi connectivity index (χ3v) is 17.0. The lowest BCUT2D eigenvalue weighted by atomic mass is 9.70. The van der Waals surface area contributed by atoms with Gasteiger partial charge in [-0.3, -0.25) is 0 Å². The molecule has 1 spiro atoms. The first-order valence-electron chi connectivity index (χ1n) is 26.5. The van der Waals surface area contributed by atoms with E-state index >= 15 is 0 Å². The summed E-state index contributed by atoms with van der Waals surface area (Å²) in [6.07, 6.45) is 13.2. The zero-order chi connectivity index (χ0) is 46.9. The first-order valence-corrected chi connectivity index (χ1v) is 26.5. The Kier molecular flexibility index (Phi) is 10.3. The maximum Gasteiger partial charge on any atom is 0.0727 e. The molecule has 14 rings (SSSR count). The van der Waals surface area contributed by atoms with Gasteiger partial charge in [0.05, 0.1) is 16.8 Å². The van der Waals surface area contributed by atoms with Crippen molar-refractivity contribution >= 4 is 55.7 Å². The molecule has 0 radical (unpaired) electrons. The molecule has 0 bridgehead atoms. The van der Waals surface area contributed by atoms with Crippen molar-refractivity contribution in [3.63, 3.8) is 0 Å². The molecule has 0 amide bonds. The standard InChI is InChI=1S/C69H58N2/c1-5-21-47(22-6-1)49-37-41-53(42-38-49)70(51-25-9-3-10-26-51)65-45-63-67(59-33-15-13-31-57(59)65)68-60-34-16-14-32-58(60)66(46-64(68)69(63)61-35-19-17-29-55(61)56-30-18-20-36-62(56)69)71(52-27-11-4-12-28-52)54-43-39-50(40-44-54)48-23-7-2-8-24-48/h3-4,9-20,25-48H,1-2,5-8,21-24H2. The molecule has 0 N–H and O–H groups in total. The summed E-state index contributed by atoms with van der Waals surface area (Å²) in [4.78, 5) is 5.07. The fraction of sp³-hybridized carbons (Fsp3) is 0.188. The van der Waals surface area contributed by atoms with Crippen LogP contribution in [0, 0.1) is 0 Å². The lowest BCUT2D eigenvalue weighted by Gasteiger charge is -2.34. The van der Waals surface area contributed by atoms with Gasteiger partial charge in [0.1, 0.15) is 0 Å². The number of anilines is 6. The quantitative estimate of drug-likeness (QED) is 0.150. The van der Waals surface area contributed by atoms with Crippen LogP contribution in [0.4, 0.5) is 34.1 Å². The molecule has 0 heterocycles. The second-order valence-corrected chi connectivity index (χ2v) is 20.8. The number of para-hydroxylation sites is 2. The molecule has 2 nitrogen and oxygen atoms in total. The van der Waals surface area contributed by atoms with Crippen LogP contribution in [0.2, 0.25) is 0 Å². The Balaban J connectivity index is 1.06. The van der Waals surface area contributed by atoms with Gasteiger partial charge in [0.25, 0.3) is 0 Å². The monoisotopic (exact) mass is 914 g/mol. The zero-order valence-corrected chi connectivity index (χ0v) is 40.4. The van der Waals surface area contributed by atoms with Gasteiger partial charge in [-0.15, -0.1) is 0 Å². The first kappa shape index (κ1) is 42.2. The van der Waals surface area contributed by atoms with Crippen molar-refractivity contribution in [2.45, 2.75) is 81.5 Å². The van der Waals surface area contributed by atoms with Gasteiger partial charge >= 0.3 is 0 Å². The number of hydrogen-bond acceptors (Lipinski definition) is 2. The van der Waals surface area contributed by atoms with Crippen molar-refractivity contribution in [3.8, 4) is 22.3 Å². The normalized spacial score (nSPS) is 15.9. The minimum Gasteiger partial charge on any atom is -0.310 e. The van der Waals surface area contributed by atoms with E-state index in [1.54, 1.807) is 0 Å². The first-order chi connectivity index (χ1) is 35.3. The van der Waals surface area contributed by atoms with Gasteiger partial charge in [-0.25, -0.2) is 0 Å². The molecule has 2 fully saturated rings. The molecule has 0 aromatic heterocycles. The molecule has 71 heavy (non-hydrogen) atoms. The van der Waals surface area contributed by atoms with Crippen LogP contribution in [-0.2, 0) is 5.41 Å². The minimum atomic E-state index is -0.615. The Bertz CT molecular complexity index is 3360. The van der Waals surface area contributed by atoms with E-state index in [1.165, 1.54) is 164 Å². The topological polar surface area (TPSA) is 6.48 Å². The second-order valence-electron chi connectivity index (χ2n) is 20.8. The highest BCUT2D eigenvalue weighted by molar-refractivity contribution is 6.19. The Morgan fingerprint density at radius 1 is 0.296 bits per heavy atom. The summed E-state index contributed by atoms with van der Waals surface area (Å²) in [5.41, 5.74) is 20.0. The number of fused-ring (bicyclic) bond motifs is 14. The highest BCUT2D eigenvalue weighted by Gasteiger charge is 2.53. The van der Waals surface area contributed by atoms with E-state index in [1.807, 2.05) is 0 Å². The van der Waals surface area contributed by atoms with Crippen molar-refractivity contribution in [3.05, 3.63) is 252 Å². The van der Waals surface area contributed by atoms with E-state index < -0.39 is 5.41 Å². The lowest BCUT2D eigenvalue weighted by Crippen LogP contribution is -2.26. The third-order valence-electron chi connectivity index (χ3n) is 17.0. The second kappa shape index (κ2) is 17.3. The third kappa shape index (κ3) is 6.67. The molecule has 0 saturated heterocycles. The zero-order valence-electron chi connectivity index (χ0n) is 40.4. The average molecular weight is 915 g/mol.